The van der Waals surface area contributed by atoms with Gasteiger partial charge in [0.2, 0.25) is 0 Å². The quantitative estimate of drug-likeness (QED) is 0.468. The molecule has 0 spiro atoms. The van der Waals surface area contributed by atoms with Crippen molar-refractivity contribution in [2.24, 2.45) is 0 Å². The maximum atomic E-state index is 13.2. The van der Waals surface area contributed by atoms with Crippen LogP contribution < -0.4 is 24.6 Å². The van der Waals surface area contributed by atoms with Gasteiger partial charge in [0.25, 0.3) is 11.8 Å². The summed E-state index contributed by atoms with van der Waals surface area (Å²) in [6.07, 6.45) is 4.70. The van der Waals surface area contributed by atoms with Crippen molar-refractivity contribution >= 4 is 35.3 Å². The molecule has 0 atom stereocenters. The molecule has 4 rings (SSSR count). The number of nitrogens with zero attached hydrogens (tertiary/aromatic N) is 2. The Hall–Kier alpha value is -3.81. The Morgan fingerprint density at radius 2 is 1.62 bits per heavy atom. The van der Waals surface area contributed by atoms with E-state index >= 15 is 0 Å². The number of nitrogens with one attached hydrogen (secondary N) is 1. The summed E-state index contributed by atoms with van der Waals surface area (Å²) < 4.78 is 11.4. The fourth-order valence-corrected chi connectivity index (χ4v) is 4.05. The lowest BCUT2D eigenvalue weighted by Crippen LogP contribution is -2.54. The minimum atomic E-state index is -0.804. The van der Waals surface area contributed by atoms with Crippen LogP contribution in [0, 0.1) is 0 Å². The van der Waals surface area contributed by atoms with Crippen molar-refractivity contribution in [1.82, 2.24) is 5.32 Å². The van der Waals surface area contributed by atoms with Gasteiger partial charge in [-0.15, -0.1) is 0 Å². The maximum absolute atomic E-state index is 13.2. The molecule has 2 heterocycles. The number of amides is 4. The second kappa shape index (κ2) is 10.4. The van der Waals surface area contributed by atoms with Crippen LogP contribution in [-0.4, -0.2) is 44.1 Å². The molecule has 4 amide bonds. The minimum absolute atomic E-state index is 0.113. The third-order valence-corrected chi connectivity index (χ3v) is 5.72. The number of hydrogen-bond donors (Lipinski definition) is 1. The summed E-state index contributed by atoms with van der Waals surface area (Å²) in [5, 5.41) is 2.26. The third kappa shape index (κ3) is 4.90. The van der Waals surface area contributed by atoms with E-state index < -0.39 is 17.8 Å². The first-order chi connectivity index (χ1) is 16.5. The second-order valence-corrected chi connectivity index (χ2v) is 8.16. The number of hydrogen-bond acceptors (Lipinski definition) is 6. The Kier molecular flexibility index (Phi) is 7.15. The van der Waals surface area contributed by atoms with Gasteiger partial charge in [0.05, 0.1) is 18.9 Å². The van der Waals surface area contributed by atoms with Crippen molar-refractivity contribution in [3.8, 4) is 11.5 Å². The van der Waals surface area contributed by atoms with Gasteiger partial charge in [-0.2, -0.15) is 0 Å². The summed E-state index contributed by atoms with van der Waals surface area (Å²) in [6.45, 7) is 6.80. The Bertz CT molecular complexity index is 1100. The number of carbonyl (C=O) groups excluding carboxylic acids is 3. The Morgan fingerprint density at radius 3 is 2.29 bits per heavy atom. The van der Waals surface area contributed by atoms with Crippen LogP contribution in [0.5, 0.6) is 11.5 Å². The lowest BCUT2D eigenvalue weighted by atomic mass is 10.1. The summed E-state index contributed by atoms with van der Waals surface area (Å²) in [5.74, 6) is -0.457. The molecular weight excluding hydrogens is 434 g/mol. The van der Waals surface area contributed by atoms with Crippen LogP contribution in [0.3, 0.4) is 0 Å². The maximum Gasteiger partial charge on any atom is 0.335 e. The third-order valence-electron chi connectivity index (χ3n) is 5.72. The molecule has 2 aromatic rings. The Morgan fingerprint density at radius 1 is 0.912 bits per heavy atom. The van der Waals surface area contributed by atoms with E-state index in [0.717, 1.165) is 30.1 Å². The van der Waals surface area contributed by atoms with Gasteiger partial charge in [-0.1, -0.05) is 19.1 Å². The molecule has 2 saturated heterocycles. The highest BCUT2D eigenvalue weighted by Gasteiger charge is 2.37. The van der Waals surface area contributed by atoms with Gasteiger partial charge in [-0.25, -0.2) is 9.69 Å². The predicted molar refractivity (Wildman–Crippen MR) is 130 cm³/mol. The summed E-state index contributed by atoms with van der Waals surface area (Å²) in [4.78, 5) is 41.6. The number of anilines is 2. The molecule has 2 aliphatic heterocycles. The van der Waals surface area contributed by atoms with Crippen LogP contribution >= 0.6 is 0 Å². The molecule has 0 bridgehead atoms. The van der Waals surface area contributed by atoms with Crippen LogP contribution in [0.15, 0.2) is 48.0 Å². The van der Waals surface area contributed by atoms with Gasteiger partial charge in [-0.05, 0) is 62.1 Å². The molecule has 2 fully saturated rings. The molecule has 0 aromatic heterocycles. The van der Waals surface area contributed by atoms with Crippen molar-refractivity contribution in [2.45, 2.75) is 33.1 Å². The molecule has 2 aromatic carbocycles. The number of barbiturate groups is 1. The average molecular weight is 464 g/mol. The summed E-state index contributed by atoms with van der Waals surface area (Å²) in [5.41, 5.74) is 1.99. The number of benzene rings is 2. The van der Waals surface area contributed by atoms with Crippen molar-refractivity contribution < 1.29 is 23.9 Å². The highest BCUT2D eigenvalue weighted by atomic mass is 16.5. The van der Waals surface area contributed by atoms with Crippen LogP contribution in [0.2, 0.25) is 0 Å². The first-order valence-electron chi connectivity index (χ1n) is 11.7. The standard InChI is InChI=1S/C26H29N3O5/c1-3-15-34-22-12-11-20(17-23(22)33-4-2)29-25(31)21(24(30)27-26(29)32)16-18-7-9-19(10-8-18)28-13-5-6-14-28/h7-12,16-17H,3-6,13-15H2,1-2H3,(H,27,30,32)/b21-16+. The van der Waals surface area contributed by atoms with Crippen molar-refractivity contribution in [3.05, 3.63) is 53.6 Å². The molecular formula is C26H29N3O5. The highest BCUT2D eigenvalue weighted by Crippen LogP contribution is 2.34. The van der Waals surface area contributed by atoms with Crippen LogP contribution in [0.1, 0.15) is 38.7 Å². The molecule has 1 N–H and O–H groups in total. The van der Waals surface area contributed by atoms with Gasteiger partial charge >= 0.3 is 6.03 Å². The zero-order valence-electron chi connectivity index (χ0n) is 19.5. The molecule has 0 unspecified atom stereocenters. The normalized spacial score (nSPS) is 17.4. The van der Waals surface area contributed by atoms with Crippen molar-refractivity contribution in [2.75, 3.05) is 36.1 Å². The van der Waals surface area contributed by atoms with E-state index in [1.54, 1.807) is 18.2 Å². The molecule has 0 aliphatic carbocycles. The Labute approximate surface area is 199 Å². The van der Waals surface area contributed by atoms with Gasteiger partial charge < -0.3 is 14.4 Å². The molecule has 0 saturated carbocycles. The number of urea groups is 1. The molecule has 8 heteroatoms. The first-order valence-corrected chi connectivity index (χ1v) is 11.7. The largest absolute Gasteiger partial charge is 0.490 e. The average Bonchev–Trinajstić information content (AvgIpc) is 3.37. The zero-order chi connectivity index (χ0) is 24.1. The summed E-state index contributed by atoms with van der Waals surface area (Å²) >= 11 is 0. The predicted octanol–water partition coefficient (Wildman–Crippen LogP) is 4.14. The number of carbonyl (C=O) groups is 3. The van der Waals surface area contributed by atoms with Gasteiger partial charge in [0, 0.05) is 24.8 Å². The van der Waals surface area contributed by atoms with E-state index in [-0.39, 0.29) is 11.3 Å². The molecule has 0 radical (unpaired) electrons. The molecule has 34 heavy (non-hydrogen) atoms. The van der Waals surface area contributed by atoms with Crippen molar-refractivity contribution in [3.63, 3.8) is 0 Å². The fraction of sp³-hybridized carbons (Fsp3) is 0.346. The lowest BCUT2D eigenvalue weighted by Gasteiger charge is -2.27. The summed E-state index contributed by atoms with van der Waals surface area (Å²) in [7, 11) is 0. The topological polar surface area (TPSA) is 88.2 Å². The van der Waals surface area contributed by atoms with Gasteiger partial charge in [-0.3, -0.25) is 14.9 Å². The second-order valence-electron chi connectivity index (χ2n) is 8.16. The summed E-state index contributed by atoms with van der Waals surface area (Å²) in [6, 6.07) is 11.7. The van der Waals surface area contributed by atoms with Gasteiger partial charge in [0.1, 0.15) is 5.57 Å². The van der Waals surface area contributed by atoms with Crippen molar-refractivity contribution in [1.29, 1.82) is 0 Å². The van der Waals surface area contributed by atoms with Crippen LogP contribution in [0.25, 0.3) is 6.08 Å². The first kappa shape index (κ1) is 23.4. The Balaban J connectivity index is 1.61. The lowest BCUT2D eigenvalue weighted by molar-refractivity contribution is -0.122. The SMILES string of the molecule is CCCOc1ccc(N2C(=O)NC(=O)/C(=C\c3ccc(N4CCCC4)cc3)C2=O)cc1OCC. The smallest absolute Gasteiger partial charge is 0.335 e. The van der Waals surface area contributed by atoms with E-state index in [0.29, 0.717) is 30.3 Å². The van der Waals surface area contributed by atoms with E-state index in [9.17, 15) is 14.4 Å². The van der Waals surface area contributed by atoms with Gasteiger partial charge in [0.15, 0.2) is 11.5 Å². The molecule has 8 nitrogen and oxygen atoms in total. The van der Waals surface area contributed by atoms with Crippen LogP contribution in [0.4, 0.5) is 16.2 Å². The number of rotatable bonds is 8. The molecule has 178 valence electrons. The zero-order valence-corrected chi connectivity index (χ0v) is 19.5. The number of ether oxygens (including phenoxy) is 2. The van der Waals surface area contributed by atoms with E-state index in [1.807, 2.05) is 38.1 Å². The van der Waals surface area contributed by atoms with E-state index in [2.05, 4.69) is 10.2 Å². The van der Waals surface area contributed by atoms with E-state index in [1.165, 1.54) is 18.9 Å². The number of imide groups is 2. The minimum Gasteiger partial charge on any atom is -0.490 e. The molecule has 2 aliphatic rings. The fourth-order valence-electron chi connectivity index (χ4n) is 4.05. The highest BCUT2D eigenvalue weighted by molar-refractivity contribution is 6.39. The monoisotopic (exact) mass is 463 g/mol. The van der Waals surface area contributed by atoms with Crippen LogP contribution in [-0.2, 0) is 9.59 Å². The van der Waals surface area contributed by atoms with E-state index in [4.69, 9.17) is 9.47 Å².